The normalized spacial score (nSPS) is 21.5. The van der Waals surface area contributed by atoms with Crippen LogP contribution < -0.4 is 11.1 Å². The molecule has 1 saturated carbocycles. The van der Waals surface area contributed by atoms with E-state index in [9.17, 15) is 4.79 Å². The van der Waals surface area contributed by atoms with E-state index >= 15 is 0 Å². The highest BCUT2D eigenvalue weighted by Crippen LogP contribution is 2.26. The van der Waals surface area contributed by atoms with Gasteiger partial charge in [-0.05, 0) is 25.8 Å². The Morgan fingerprint density at radius 2 is 1.86 bits per heavy atom. The SMILES string of the molecule is CCCNC1(C(N)=O)CCCCCC1. The van der Waals surface area contributed by atoms with Crippen molar-refractivity contribution in [1.29, 1.82) is 0 Å². The van der Waals surface area contributed by atoms with Gasteiger partial charge in [0.1, 0.15) is 0 Å². The number of primary amides is 1. The molecule has 0 aromatic heterocycles. The molecule has 0 aliphatic heterocycles. The molecule has 0 spiro atoms. The van der Waals surface area contributed by atoms with E-state index in [1.807, 2.05) is 0 Å². The lowest BCUT2D eigenvalue weighted by Gasteiger charge is -2.30. The van der Waals surface area contributed by atoms with Gasteiger partial charge in [0.05, 0.1) is 5.54 Å². The molecule has 82 valence electrons. The fourth-order valence-electron chi connectivity index (χ4n) is 2.21. The zero-order chi connectivity index (χ0) is 10.4. The fourth-order valence-corrected chi connectivity index (χ4v) is 2.21. The van der Waals surface area contributed by atoms with E-state index < -0.39 is 5.54 Å². The standard InChI is InChI=1S/C11H22N2O/c1-2-9-13-11(10(12)14)7-5-3-4-6-8-11/h13H,2-9H2,1H3,(H2,12,14). The molecule has 0 saturated heterocycles. The van der Waals surface area contributed by atoms with Crippen molar-refractivity contribution in [1.82, 2.24) is 5.32 Å². The van der Waals surface area contributed by atoms with Crippen molar-refractivity contribution < 1.29 is 4.79 Å². The van der Waals surface area contributed by atoms with Crippen molar-refractivity contribution in [3.63, 3.8) is 0 Å². The predicted molar refractivity (Wildman–Crippen MR) is 57.9 cm³/mol. The summed E-state index contributed by atoms with van der Waals surface area (Å²) < 4.78 is 0. The lowest BCUT2D eigenvalue weighted by Crippen LogP contribution is -2.55. The second-order valence-corrected chi connectivity index (χ2v) is 4.29. The maximum atomic E-state index is 11.5. The molecule has 3 nitrogen and oxygen atoms in total. The molecule has 0 atom stereocenters. The van der Waals surface area contributed by atoms with E-state index in [0.29, 0.717) is 0 Å². The Labute approximate surface area is 86.4 Å². The van der Waals surface area contributed by atoms with Gasteiger partial charge in [0.25, 0.3) is 0 Å². The molecule has 3 N–H and O–H groups in total. The van der Waals surface area contributed by atoms with Gasteiger partial charge < -0.3 is 11.1 Å². The van der Waals surface area contributed by atoms with Gasteiger partial charge in [0.15, 0.2) is 0 Å². The minimum absolute atomic E-state index is 0.159. The van der Waals surface area contributed by atoms with Crippen LogP contribution in [0.4, 0.5) is 0 Å². The smallest absolute Gasteiger partial charge is 0.237 e. The van der Waals surface area contributed by atoms with Crippen molar-refractivity contribution in [2.45, 2.75) is 57.4 Å². The third kappa shape index (κ3) is 2.71. The van der Waals surface area contributed by atoms with Crippen LogP contribution >= 0.6 is 0 Å². The molecule has 1 fully saturated rings. The number of nitrogens with two attached hydrogens (primary N) is 1. The van der Waals surface area contributed by atoms with Crippen molar-refractivity contribution in [2.24, 2.45) is 5.73 Å². The fraction of sp³-hybridized carbons (Fsp3) is 0.909. The van der Waals surface area contributed by atoms with Crippen LogP contribution in [-0.2, 0) is 4.79 Å². The summed E-state index contributed by atoms with van der Waals surface area (Å²) in [5, 5.41) is 3.35. The van der Waals surface area contributed by atoms with Gasteiger partial charge in [0, 0.05) is 0 Å². The third-order valence-electron chi connectivity index (χ3n) is 3.14. The van der Waals surface area contributed by atoms with Crippen molar-refractivity contribution in [3.05, 3.63) is 0 Å². The number of carbonyl (C=O) groups excluding carboxylic acids is 1. The number of hydrogen-bond donors (Lipinski definition) is 2. The van der Waals surface area contributed by atoms with Crippen LogP contribution in [0.5, 0.6) is 0 Å². The molecular weight excluding hydrogens is 176 g/mol. The molecule has 3 heteroatoms. The van der Waals surface area contributed by atoms with Gasteiger partial charge >= 0.3 is 0 Å². The largest absolute Gasteiger partial charge is 0.368 e. The van der Waals surface area contributed by atoms with Crippen molar-refractivity contribution in [3.8, 4) is 0 Å². The van der Waals surface area contributed by atoms with Crippen LogP contribution in [0, 0.1) is 0 Å². The summed E-state index contributed by atoms with van der Waals surface area (Å²) in [6, 6.07) is 0. The summed E-state index contributed by atoms with van der Waals surface area (Å²) in [6.45, 7) is 3.00. The topological polar surface area (TPSA) is 55.1 Å². The second kappa shape index (κ2) is 5.35. The Bertz CT molecular complexity index is 184. The molecular formula is C11H22N2O. The number of hydrogen-bond acceptors (Lipinski definition) is 2. The quantitative estimate of drug-likeness (QED) is 0.674. The van der Waals surface area contributed by atoms with Gasteiger partial charge in [-0.3, -0.25) is 4.79 Å². The van der Waals surface area contributed by atoms with Gasteiger partial charge in [-0.2, -0.15) is 0 Å². The molecule has 0 aromatic carbocycles. The van der Waals surface area contributed by atoms with Gasteiger partial charge in [-0.15, -0.1) is 0 Å². The highest BCUT2D eigenvalue weighted by atomic mass is 16.1. The highest BCUT2D eigenvalue weighted by Gasteiger charge is 2.35. The Morgan fingerprint density at radius 3 is 2.29 bits per heavy atom. The zero-order valence-corrected chi connectivity index (χ0v) is 9.14. The molecule has 14 heavy (non-hydrogen) atoms. The number of rotatable bonds is 4. The molecule has 1 aliphatic carbocycles. The van der Waals surface area contributed by atoms with Gasteiger partial charge in [-0.25, -0.2) is 0 Å². The van der Waals surface area contributed by atoms with Crippen LogP contribution in [0.2, 0.25) is 0 Å². The average Bonchev–Trinajstić information content (AvgIpc) is 2.41. The minimum atomic E-state index is -0.396. The van der Waals surface area contributed by atoms with Crippen LogP contribution in [0.1, 0.15) is 51.9 Å². The summed E-state index contributed by atoms with van der Waals surface area (Å²) in [5.41, 5.74) is 5.11. The summed E-state index contributed by atoms with van der Waals surface area (Å²) in [5.74, 6) is -0.159. The first-order chi connectivity index (χ1) is 6.71. The summed E-state index contributed by atoms with van der Waals surface area (Å²) >= 11 is 0. The minimum Gasteiger partial charge on any atom is -0.368 e. The van der Waals surface area contributed by atoms with Crippen LogP contribution in [0.3, 0.4) is 0 Å². The van der Waals surface area contributed by atoms with Gasteiger partial charge in [-0.1, -0.05) is 32.6 Å². The summed E-state index contributed by atoms with van der Waals surface area (Å²) in [4.78, 5) is 11.5. The number of carbonyl (C=O) groups is 1. The highest BCUT2D eigenvalue weighted by molar-refractivity contribution is 5.84. The first kappa shape index (κ1) is 11.5. The van der Waals surface area contributed by atoms with E-state index in [-0.39, 0.29) is 5.91 Å². The maximum absolute atomic E-state index is 11.5. The summed E-state index contributed by atoms with van der Waals surface area (Å²) in [7, 11) is 0. The van der Waals surface area contributed by atoms with Crippen LogP contribution in [0.15, 0.2) is 0 Å². The molecule has 0 heterocycles. The third-order valence-corrected chi connectivity index (χ3v) is 3.14. The number of nitrogens with one attached hydrogen (secondary N) is 1. The van der Waals surface area contributed by atoms with E-state index in [0.717, 1.165) is 38.6 Å². The zero-order valence-electron chi connectivity index (χ0n) is 9.14. The monoisotopic (exact) mass is 198 g/mol. The Kier molecular flexibility index (Phi) is 4.39. The maximum Gasteiger partial charge on any atom is 0.237 e. The molecule has 0 bridgehead atoms. The van der Waals surface area contributed by atoms with Crippen molar-refractivity contribution in [2.75, 3.05) is 6.54 Å². The first-order valence-electron chi connectivity index (χ1n) is 5.76. The van der Waals surface area contributed by atoms with Crippen molar-refractivity contribution >= 4 is 5.91 Å². The Hall–Kier alpha value is -0.570. The lowest BCUT2D eigenvalue weighted by atomic mass is 9.89. The molecule has 1 rings (SSSR count). The van der Waals surface area contributed by atoms with E-state index in [1.165, 1.54) is 12.8 Å². The molecule has 0 aromatic rings. The predicted octanol–water partition coefficient (Wildman–Crippen LogP) is 1.56. The van der Waals surface area contributed by atoms with E-state index in [2.05, 4.69) is 12.2 Å². The first-order valence-corrected chi connectivity index (χ1v) is 5.76. The Morgan fingerprint density at radius 1 is 1.29 bits per heavy atom. The Balaban J connectivity index is 2.62. The van der Waals surface area contributed by atoms with Crippen LogP contribution in [0.25, 0.3) is 0 Å². The average molecular weight is 198 g/mol. The van der Waals surface area contributed by atoms with E-state index in [1.54, 1.807) is 0 Å². The lowest BCUT2D eigenvalue weighted by molar-refractivity contribution is -0.125. The number of amides is 1. The molecule has 0 unspecified atom stereocenters. The van der Waals surface area contributed by atoms with Gasteiger partial charge in [0.2, 0.25) is 5.91 Å². The summed E-state index contributed by atoms with van der Waals surface area (Å²) in [6.07, 6.45) is 7.62. The second-order valence-electron chi connectivity index (χ2n) is 4.29. The molecule has 0 radical (unpaired) electrons. The van der Waals surface area contributed by atoms with E-state index in [4.69, 9.17) is 5.73 Å². The molecule has 1 aliphatic rings. The molecule has 1 amide bonds. The van der Waals surface area contributed by atoms with Crippen LogP contribution in [-0.4, -0.2) is 18.0 Å².